The fourth-order valence-corrected chi connectivity index (χ4v) is 3.66. The monoisotopic (exact) mass is 258 g/mol. The highest BCUT2D eigenvalue weighted by Crippen LogP contribution is 2.23. The van der Waals surface area contributed by atoms with E-state index < -0.39 is 0 Å². The van der Waals surface area contributed by atoms with Crippen LogP contribution in [0.4, 0.5) is 0 Å². The van der Waals surface area contributed by atoms with Gasteiger partial charge in [0.05, 0.1) is 0 Å². The van der Waals surface area contributed by atoms with Crippen LogP contribution in [-0.2, 0) is 13.0 Å². The van der Waals surface area contributed by atoms with Crippen LogP contribution in [-0.4, -0.2) is 30.1 Å². The number of piperidine rings is 1. The Bertz CT molecular complexity index is 429. The third-order valence-corrected chi connectivity index (χ3v) is 4.90. The highest BCUT2D eigenvalue weighted by Gasteiger charge is 2.26. The molecule has 104 valence electrons. The Morgan fingerprint density at radius 2 is 2.00 bits per heavy atom. The Labute approximate surface area is 117 Å². The molecule has 3 atom stereocenters. The first kappa shape index (κ1) is 13.1. The number of hydrogen-bond acceptors (Lipinski definition) is 2. The normalized spacial score (nSPS) is 32.0. The van der Waals surface area contributed by atoms with Gasteiger partial charge in [-0.3, -0.25) is 4.90 Å². The largest absolute Gasteiger partial charge is 0.308 e. The summed E-state index contributed by atoms with van der Waals surface area (Å²) in [6.45, 7) is 8.32. The second-order valence-corrected chi connectivity index (χ2v) is 6.52. The Hall–Kier alpha value is -0.860. The number of fused-ring (bicyclic) bond motifs is 1. The molecule has 0 bridgehead atoms. The summed E-state index contributed by atoms with van der Waals surface area (Å²) in [6.07, 6.45) is 3.92. The third kappa shape index (κ3) is 3.01. The molecule has 2 heteroatoms. The maximum Gasteiger partial charge on any atom is 0.0238 e. The molecule has 3 unspecified atom stereocenters. The highest BCUT2D eigenvalue weighted by atomic mass is 15.2. The van der Waals surface area contributed by atoms with Gasteiger partial charge >= 0.3 is 0 Å². The number of nitrogens with zero attached hydrogens (tertiary/aromatic N) is 1. The standard InChI is InChI=1S/C17H26N2/c1-13-7-8-19(14(2)9-13)12-17-10-15-5-3-4-6-16(15)11-18-17/h3-6,13-14,17-18H,7-12H2,1-2H3. The molecule has 0 radical (unpaired) electrons. The molecule has 2 nitrogen and oxygen atoms in total. The molecule has 0 aliphatic carbocycles. The number of likely N-dealkylation sites (tertiary alicyclic amines) is 1. The first-order valence-electron chi connectivity index (χ1n) is 7.76. The van der Waals surface area contributed by atoms with Crippen molar-refractivity contribution in [1.29, 1.82) is 0 Å². The van der Waals surface area contributed by atoms with E-state index in [1.165, 1.54) is 37.9 Å². The SMILES string of the molecule is CC1CCN(CC2Cc3ccccc3CN2)C(C)C1. The van der Waals surface area contributed by atoms with E-state index in [0.29, 0.717) is 6.04 Å². The van der Waals surface area contributed by atoms with Gasteiger partial charge in [-0.05, 0) is 49.8 Å². The Morgan fingerprint density at radius 1 is 1.21 bits per heavy atom. The molecule has 0 amide bonds. The second-order valence-electron chi connectivity index (χ2n) is 6.52. The first-order valence-corrected chi connectivity index (χ1v) is 7.76. The maximum absolute atomic E-state index is 3.71. The summed E-state index contributed by atoms with van der Waals surface area (Å²) in [7, 11) is 0. The van der Waals surface area contributed by atoms with Crippen LogP contribution in [0.1, 0.15) is 37.8 Å². The average Bonchev–Trinajstić information content (AvgIpc) is 2.42. The van der Waals surface area contributed by atoms with Gasteiger partial charge in [0.1, 0.15) is 0 Å². The van der Waals surface area contributed by atoms with Gasteiger partial charge in [0.25, 0.3) is 0 Å². The van der Waals surface area contributed by atoms with E-state index in [2.05, 4.69) is 48.3 Å². The minimum absolute atomic E-state index is 0.630. The summed E-state index contributed by atoms with van der Waals surface area (Å²) >= 11 is 0. The van der Waals surface area contributed by atoms with Crippen LogP contribution in [0.5, 0.6) is 0 Å². The summed E-state index contributed by atoms with van der Waals surface area (Å²) in [5.41, 5.74) is 3.03. The number of rotatable bonds is 2. The lowest BCUT2D eigenvalue weighted by Gasteiger charge is -2.39. The quantitative estimate of drug-likeness (QED) is 0.877. The van der Waals surface area contributed by atoms with Crippen molar-refractivity contribution in [1.82, 2.24) is 10.2 Å². The van der Waals surface area contributed by atoms with Gasteiger partial charge in [-0.25, -0.2) is 0 Å². The molecule has 1 aromatic rings. The van der Waals surface area contributed by atoms with E-state index in [4.69, 9.17) is 0 Å². The van der Waals surface area contributed by atoms with Crippen LogP contribution in [0.3, 0.4) is 0 Å². The van der Waals surface area contributed by atoms with Crippen molar-refractivity contribution in [3.05, 3.63) is 35.4 Å². The van der Waals surface area contributed by atoms with Crippen molar-refractivity contribution in [2.75, 3.05) is 13.1 Å². The molecule has 1 fully saturated rings. The first-order chi connectivity index (χ1) is 9.22. The van der Waals surface area contributed by atoms with Crippen LogP contribution in [0.15, 0.2) is 24.3 Å². The van der Waals surface area contributed by atoms with Gasteiger partial charge < -0.3 is 5.32 Å². The fraction of sp³-hybridized carbons (Fsp3) is 0.647. The lowest BCUT2D eigenvalue weighted by Crippen LogP contribution is -2.49. The lowest BCUT2D eigenvalue weighted by atomic mass is 9.91. The van der Waals surface area contributed by atoms with Crippen LogP contribution < -0.4 is 5.32 Å². The minimum Gasteiger partial charge on any atom is -0.308 e. The Balaban J connectivity index is 1.60. The predicted molar refractivity (Wildman–Crippen MR) is 80.2 cm³/mol. The molecule has 0 spiro atoms. The minimum atomic E-state index is 0.630. The zero-order chi connectivity index (χ0) is 13.2. The zero-order valence-electron chi connectivity index (χ0n) is 12.2. The summed E-state index contributed by atoms with van der Waals surface area (Å²) in [4.78, 5) is 2.69. The molecular weight excluding hydrogens is 232 g/mol. The smallest absolute Gasteiger partial charge is 0.0238 e. The van der Waals surface area contributed by atoms with Crippen molar-refractivity contribution >= 4 is 0 Å². The highest BCUT2D eigenvalue weighted by molar-refractivity contribution is 5.29. The van der Waals surface area contributed by atoms with Gasteiger partial charge in [-0.2, -0.15) is 0 Å². The van der Waals surface area contributed by atoms with E-state index >= 15 is 0 Å². The topological polar surface area (TPSA) is 15.3 Å². The van der Waals surface area contributed by atoms with Crippen molar-refractivity contribution in [2.24, 2.45) is 5.92 Å². The van der Waals surface area contributed by atoms with Crippen LogP contribution in [0, 0.1) is 5.92 Å². The molecule has 2 aliphatic heterocycles. The summed E-state index contributed by atoms with van der Waals surface area (Å²) in [5.74, 6) is 0.909. The predicted octanol–water partition coefficient (Wildman–Crippen LogP) is 2.82. The van der Waals surface area contributed by atoms with Gasteiger partial charge in [0.2, 0.25) is 0 Å². The number of benzene rings is 1. The molecule has 0 saturated carbocycles. The molecule has 1 aromatic carbocycles. The van der Waals surface area contributed by atoms with Gasteiger partial charge in [0.15, 0.2) is 0 Å². The molecule has 19 heavy (non-hydrogen) atoms. The van der Waals surface area contributed by atoms with E-state index in [0.717, 1.165) is 18.5 Å². The van der Waals surface area contributed by atoms with Crippen molar-refractivity contribution in [2.45, 2.75) is 51.7 Å². The lowest BCUT2D eigenvalue weighted by molar-refractivity contribution is 0.115. The van der Waals surface area contributed by atoms with Gasteiger partial charge in [0, 0.05) is 25.2 Å². The van der Waals surface area contributed by atoms with Gasteiger partial charge in [-0.15, -0.1) is 0 Å². The summed E-state index contributed by atoms with van der Waals surface area (Å²) in [5, 5.41) is 3.71. The molecule has 0 aromatic heterocycles. The van der Waals surface area contributed by atoms with Crippen LogP contribution >= 0.6 is 0 Å². The van der Waals surface area contributed by atoms with Crippen molar-refractivity contribution in [3.8, 4) is 0 Å². The molecule has 2 heterocycles. The molecule has 1 saturated heterocycles. The third-order valence-electron chi connectivity index (χ3n) is 4.90. The van der Waals surface area contributed by atoms with Gasteiger partial charge in [-0.1, -0.05) is 31.2 Å². The van der Waals surface area contributed by atoms with E-state index in [1.54, 1.807) is 5.56 Å². The fourth-order valence-electron chi connectivity index (χ4n) is 3.66. The molecule has 2 aliphatic rings. The van der Waals surface area contributed by atoms with E-state index in [9.17, 15) is 0 Å². The van der Waals surface area contributed by atoms with Crippen molar-refractivity contribution in [3.63, 3.8) is 0 Å². The van der Waals surface area contributed by atoms with E-state index in [-0.39, 0.29) is 0 Å². The Morgan fingerprint density at radius 3 is 2.79 bits per heavy atom. The number of hydrogen-bond donors (Lipinski definition) is 1. The van der Waals surface area contributed by atoms with Crippen LogP contribution in [0.25, 0.3) is 0 Å². The zero-order valence-corrected chi connectivity index (χ0v) is 12.2. The Kier molecular flexibility index (Phi) is 3.90. The summed E-state index contributed by atoms with van der Waals surface area (Å²) in [6, 6.07) is 10.3. The number of nitrogens with one attached hydrogen (secondary N) is 1. The maximum atomic E-state index is 3.71. The van der Waals surface area contributed by atoms with Crippen molar-refractivity contribution < 1.29 is 0 Å². The van der Waals surface area contributed by atoms with E-state index in [1.807, 2.05) is 0 Å². The molecular formula is C17H26N2. The molecule has 3 rings (SSSR count). The summed E-state index contributed by atoms with van der Waals surface area (Å²) < 4.78 is 0. The molecule has 1 N–H and O–H groups in total. The second kappa shape index (κ2) is 5.64. The van der Waals surface area contributed by atoms with Crippen LogP contribution in [0.2, 0.25) is 0 Å². The average molecular weight is 258 g/mol.